The third-order valence-electron chi connectivity index (χ3n) is 2.93. The van der Waals surface area contributed by atoms with Crippen LogP contribution in [0.1, 0.15) is 12.8 Å². The summed E-state index contributed by atoms with van der Waals surface area (Å²) in [5, 5.41) is 0. The van der Waals surface area contributed by atoms with Crippen LogP contribution in [-0.2, 0) is 4.79 Å². The number of hydrogen-bond donors (Lipinski definition) is 0. The van der Waals surface area contributed by atoms with Gasteiger partial charge in [0.1, 0.15) is 5.52 Å². The van der Waals surface area contributed by atoms with E-state index in [2.05, 4.69) is 9.88 Å². The van der Waals surface area contributed by atoms with Gasteiger partial charge < -0.3 is 9.32 Å². The molecule has 0 radical (unpaired) electrons. The number of carbonyl (C=O) groups excluding carboxylic acids is 1. The Morgan fingerprint density at radius 3 is 3.19 bits per heavy atom. The summed E-state index contributed by atoms with van der Waals surface area (Å²) in [5.41, 5.74) is 2.68. The number of aromatic nitrogens is 1. The maximum Gasteiger partial charge on any atom is 0.181 e. The summed E-state index contributed by atoms with van der Waals surface area (Å²) in [4.78, 5) is 17.6. The first-order valence-corrected chi connectivity index (χ1v) is 5.43. The highest BCUT2D eigenvalue weighted by Crippen LogP contribution is 2.23. The fourth-order valence-corrected chi connectivity index (χ4v) is 2.10. The van der Waals surface area contributed by atoms with Crippen LogP contribution in [0.2, 0.25) is 0 Å². The molecule has 0 amide bonds. The fourth-order valence-electron chi connectivity index (χ4n) is 2.10. The Kier molecular flexibility index (Phi) is 2.13. The average Bonchev–Trinajstić information content (AvgIpc) is 2.75. The van der Waals surface area contributed by atoms with Gasteiger partial charge in [0.05, 0.1) is 6.54 Å². The van der Waals surface area contributed by atoms with E-state index in [1.807, 2.05) is 18.2 Å². The summed E-state index contributed by atoms with van der Waals surface area (Å²) in [6.07, 6.45) is 3.09. The second-order valence-electron chi connectivity index (χ2n) is 4.07. The number of oxazole rings is 1. The zero-order chi connectivity index (χ0) is 11.0. The molecule has 0 saturated carbocycles. The molecule has 0 atom stereocenters. The van der Waals surface area contributed by atoms with Gasteiger partial charge in [-0.25, -0.2) is 4.98 Å². The largest absolute Gasteiger partial charge is 0.443 e. The van der Waals surface area contributed by atoms with Gasteiger partial charge in [0.25, 0.3) is 0 Å². The maximum absolute atomic E-state index is 11.4. The van der Waals surface area contributed by atoms with Crippen LogP contribution in [0, 0.1) is 0 Å². The number of rotatable bonds is 1. The molecular formula is C12H12N2O2. The smallest absolute Gasteiger partial charge is 0.181 e. The minimum atomic E-state index is 0.312. The van der Waals surface area contributed by atoms with Gasteiger partial charge in [-0.1, -0.05) is 0 Å². The molecule has 2 aromatic rings. The summed E-state index contributed by atoms with van der Waals surface area (Å²) in [7, 11) is 0. The first kappa shape index (κ1) is 9.39. The molecule has 1 aliphatic heterocycles. The maximum atomic E-state index is 11.4. The number of hydrogen-bond acceptors (Lipinski definition) is 4. The highest BCUT2D eigenvalue weighted by atomic mass is 16.3. The van der Waals surface area contributed by atoms with E-state index < -0.39 is 0 Å². The number of carbonyl (C=O) groups is 1. The van der Waals surface area contributed by atoms with Gasteiger partial charge in [-0.3, -0.25) is 4.79 Å². The number of fused-ring (bicyclic) bond motifs is 1. The van der Waals surface area contributed by atoms with Crippen molar-refractivity contribution in [2.75, 3.05) is 18.0 Å². The molecule has 0 spiro atoms. The molecule has 16 heavy (non-hydrogen) atoms. The lowest BCUT2D eigenvalue weighted by Crippen LogP contribution is -2.35. The van der Waals surface area contributed by atoms with E-state index in [0.29, 0.717) is 18.7 Å². The number of piperidine rings is 1. The third-order valence-corrected chi connectivity index (χ3v) is 2.93. The van der Waals surface area contributed by atoms with Gasteiger partial charge in [-0.05, 0) is 24.6 Å². The van der Waals surface area contributed by atoms with Crippen LogP contribution < -0.4 is 4.90 Å². The summed E-state index contributed by atoms with van der Waals surface area (Å²) in [6.45, 7) is 1.46. The first-order chi connectivity index (χ1) is 7.83. The van der Waals surface area contributed by atoms with Gasteiger partial charge in [0.2, 0.25) is 0 Å². The molecule has 4 nitrogen and oxygen atoms in total. The fraction of sp³-hybridized carbons (Fsp3) is 0.333. The van der Waals surface area contributed by atoms with Crippen LogP contribution in [0.25, 0.3) is 11.1 Å². The quantitative estimate of drug-likeness (QED) is 0.731. The Morgan fingerprint density at radius 1 is 1.38 bits per heavy atom. The van der Waals surface area contributed by atoms with Gasteiger partial charge in [0, 0.05) is 18.7 Å². The van der Waals surface area contributed by atoms with Crippen LogP contribution in [0.5, 0.6) is 0 Å². The van der Waals surface area contributed by atoms with Crippen molar-refractivity contribution in [3.05, 3.63) is 24.6 Å². The number of nitrogens with zero attached hydrogens (tertiary/aromatic N) is 2. The molecule has 1 aromatic carbocycles. The van der Waals surface area contributed by atoms with Crippen molar-refractivity contribution in [1.29, 1.82) is 0 Å². The van der Waals surface area contributed by atoms with Crippen LogP contribution in [0.4, 0.5) is 5.69 Å². The Hall–Kier alpha value is -1.84. The van der Waals surface area contributed by atoms with Gasteiger partial charge >= 0.3 is 0 Å². The van der Waals surface area contributed by atoms with Crippen molar-refractivity contribution in [2.24, 2.45) is 0 Å². The van der Waals surface area contributed by atoms with E-state index in [-0.39, 0.29) is 0 Å². The number of ketones is 1. The number of Topliss-reactive ketones (excluding diaryl/α,β-unsaturated/α-hetero) is 1. The standard InChI is InChI=1S/C12H12N2O2/c15-10-2-1-5-14(7-10)9-3-4-12-11(6-9)13-8-16-12/h3-4,6,8H,1-2,5,7H2. The van der Waals surface area contributed by atoms with Crippen LogP contribution in [0.15, 0.2) is 29.0 Å². The van der Waals surface area contributed by atoms with E-state index in [1.54, 1.807) is 0 Å². The highest BCUT2D eigenvalue weighted by molar-refractivity contribution is 5.86. The van der Waals surface area contributed by atoms with Crippen LogP contribution >= 0.6 is 0 Å². The third kappa shape index (κ3) is 1.56. The molecule has 0 N–H and O–H groups in total. The molecule has 2 heterocycles. The van der Waals surface area contributed by atoms with E-state index in [9.17, 15) is 4.79 Å². The molecule has 1 saturated heterocycles. The van der Waals surface area contributed by atoms with Gasteiger partial charge in [-0.2, -0.15) is 0 Å². The monoisotopic (exact) mass is 216 g/mol. The molecule has 82 valence electrons. The predicted octanol–water partition coefficient (Wildman–Crippen LogP) is 2.00. The Morgan fingerprint density at radius 2 is 2.31 bits per heavy atom. The molecule has 4 heteroatoms. The van der Waals surface area contributed by atoms with Gasteiger partial charge in [0.15, 0.2) is 17.8 Å². The van der Waals surface area contributed by atoms with Crippen molar-refractivity contribution in [3.8, 4) is 0 Å². The number of anilines is 1. The summed E-state index contributed by atoms with van der Waals surface area (Å²) >= 11 is 0. The topological polar surface area (TPSA) is 46.3 Å². The highest BCUT2D eigenvalue weighted by Gasteiger charge is 2.17. The molecule has 1 fully saturated rings. The lowest BCUT2D eigenvalue weighted by molar-refractivity contribution is -0.118. The van der Waals surface area contributed by atoms with E-state index in [1.165, 1.54) is 6.39 Å². The lowest BCUT2D eigenvalue weighted by atomic mass is 10.1. The lowest BCUT2D eigenvalue weighted by Gasteiger charge is -2.27. The van der Waals surface area contributed by atoms with E-state index in [4.69, 9.17) is 4.42 Å². The zero-order valence-electron chi connectivity index (χ0n) is 8.85. The SMILES string of the molecule is O=C1CCCN(c2ccc3ocnc3c2)C1. The minimum Gasteiger partial charge on any atom is -0.443 e. The van der Waals surface area contributed by atoms with Gasteiger partial charge in [-0.15, -0.1) is 0 Å². The molecule has 0 aliphatic carbocycles. The average molecular weight is 216 g/mol. The van der Waals surface area contributed by atoms with Crippen molar-refractivity contribution in [1.82, 2.24) is 4.98 Å². The minimum absolute atomic E-state index is 0.312. The van der Waals surface area contributed by atoms with Crippen molar-refractivity contribution in [2.45, 2.75) is 12.8 Å². The molecule has 1 aromatic heterocycles. The predicted molar refractivity (Wildman–Crippen MR) is 60.5 cm³/mol. The van der Waals surface area contributed by atoms with E-state index >= 15 is 0 Å². The molecule has 0 unspecified atom stereocenters. The number of benzene rings is 1. The summed E-state index contributed by atoms with van der Waals surface area (Å²) < 4.78 is 5.18. The van der Waals surface area contributed by atoms with Crippen LogP contribution in [0.3, 0.4) is 0 Å². The second kappa shape index (κ2) is 3.63. The molecule has 1 aliphatic rings. The summed E-state index contributed by atoms with van der Waals surface area (Å²) in [5.74, 6) is 0.312. The van der Waals surface area contributed by atoms with Crippen molar-refractivity contribution in [3.63, 3.8) is 0 Å². The zero-order valence-corrected chi connectivity index (χ0v) is 8.85. The normalized spacial score (nSPS) is 17.0. The van der Waals surface area contributed by atoms with Crippen molar-refractivity contribution >= 4 is 22.6 Å². The van der Waals surface area contributed by atoms with E-state index in [0.717, 1.165) is 29.8 Å². The molecule has 3 rings (SSSR count). The Labute approximate surface area is 92.9 Å². The molecular weight excluding hydrogens is 204 g/mol. The summed E-state index contributed by atoms with van der Waals surface area (Å²) in [6, 6.07) is 5.85. The first-order valence-electron chi connectivity index (χ1n) is 5.43. The Balaban J connectivity index is 1.95. The second-order valence-corrected chi connectivity index (χ2v) is 4.07. The molecule has 0 bridgehead atoms. The van der Waals surface area contributed by atoms with Crippen LogP contribution in [-0.4, -0.2) is 23.9 Å². The van der Waals surface area contributed by atoms with Crippen molar-refractivity contribution < 1.29 is 9.21 Å². The Bertz CT molecular complexity index is 533.